The lowest BCUT2D eigenvalue weighted by atomic mass is 9.81. The number of esters is 2. The maximum Gasteiger partial charge on any atom is 0.343 e. The van der Waals surface area contributed by atoms with Gasteiger partial charge in [-0.3, -0.25) is 34.2 Å². The SMILES string of the molecule is O=C(CN1C(=O)C2C3CC(C(Br)C3Br)C2C1=O)OCC(=O)c1ccc(OC(=O)c2ccc([N+](=O)[O-])cc2)cc1. The van der Waals surface area contributed by atoms with Crippen LogP contribution in [0, 0.1) is 33.8 Å². The molecule has 2 aromatic carbocycles. The Labute approximate surface area is 238 Å². The Bertz CT molecular complexity index is 1350. The average molecular weight is 664 g/mol. The molecule has 5 rings (SSSR count). The number of alkyl halides is 2. The third-order valence-electron chi connectivity index (χ3n) is 7.43. The van der Waals surface area contributed by atoms with Crippen molar-refractivity contribution >= 4 is 67.1 Å². The second-order valence-corrected chi connectivity index (χ2v) is 11.7. The van der Waals surface area contributed by atoms with E-state index in [1.165, 1.54) is 48.5 Å². The van der Waals surface area contributed by atoms with Crippen LogP contribution in [0.25, 0.3) is 0 Å². The predicted octanol–water partition coefficient (Wildman–Crippen LogP) is 3.32. The molecule has 1 saturated heterocycles. The number of carbonyl (C=O) groups is 5. The number of likely N-dealkylation sites (tertiary alicyclic amines) is 1. The number of fused-ring (bicyclic) bond motifs is 5. The highest BCUT2D eigenvalue weighted by Gasteiger charge is 2.66. The normalized spacial score (nSPS) is 26.9. The number of ether oxygens (including phenoxy) is 2. The van der Waals surface area contributed by atoms with E-state index in [1.54, 1.807) is 0 Å². The van der Waals surface area contributed by atoms with E-state index in [9.17, 15) is 34.1 Å². The minimum absolute atomic E-state index is 0.0276. The fraction of sp³-hybridized carbons (Fsp3) is 0.346. The van der Waals surface area contributed by atoms with E-state index in [4.69, 9.17) is 9.47 Å². The number of non-ortho nitro benzene ring substituents is 1. The summed E-state index contributed by atoms with van der Waals surface area (Å²) in [7, 11) is 0. The van der Waals surface area contributed by atoms with Crippen LogP contribution < -0.4 is 4.74 Å². The standard InChI is InChI=1S/C26H20Br2N2O9/c27-22-16-9-17(23(22)28)21-20(16)24(33)29(25(21)34)10-19(32)38-11-18(31)12-3-7-15(8-4-12)39-26(35)13-1-5-14(6-2-13)30(36)37/h1-8,16-17,20-23H,9-11H2. The molecule has 2 aromatic rings. The predicted molar refractivity (Wildman–Crippen MR) is 141 cm³/mol. The third-order valence-corrected chi connectivity index (χ3v) is 10.6. The third kappa shape index (κ3) is 5.00. The number of imide groups is 1. The number of nitro benzene ring substituents is 1. The highest BCUT2D eigenvalue weighted by molar-refractivity contribution is 9.12. The number of hydrogen-bond donors (Lipinski definition) is 0. The number of rotatable bonds is 8. The molecule has 3 fully saturated rings. The van der Waals surface area contributed by atoms with Crippen molar-refractivity contribution in [2.75, 3.05) is 13.2 Å². The van der Waals surface area contributed by atoms with Crippen LogP contribution in [-0.4, -0.2) is 62.2 Å². The first-order chi connectivity index (χ1) is 18.6. The summed E-state index contributed by atoms with van der Waals surface area (Å²) in [6, 6.07) is 10.4. The summed E-state index contributed by atoms with van der Waals surface area (Å²) in [5.41, 5.74) is 0.130. The summed E-state index contributed by atoms with van der Waals surface area (Å²) in [5, 5.41) is 10.7. The Morgan fingerprint density at radius 2 is 1.44 bits per heavy atom. The first kappa shape index (κ1) is 27.1. The maximum atomic E-state index is 12.9. The number of Topliss-reactive ketones (excluding diaryl/α,β-unsaturated/α-hetero) is 1. The lowest BCUT2D eigenvalue weighted by Gasteiger charge is -2.28. The van der Waals surface area contributed by atoms with Crippen LogP contribution >= 0.6 is 31.9 Å². The molecule has 0 spiro atoms. The van der Waals surface area contributed by atoms with Gasteiger partial charge in [-0.25, -0.2) is 4.79 Å². The molecule has 1 aliphatic heterocycles. The van der Waals surface area contributed by atoms with E-state index >= 15 is 0 Å². The Morgan fingerprint density at radius 3 is 1.97 bits per heavy atom. The minimum Gasteiger partial charge on any atom is -0.456 e. The van der Waals surface area contributed by atoms with Gasteiger partial charge in [-0.1, -0.05) is 31.9 Å². The molecule has 2 amide bonds. The zero-order valence-electron chi connectivity index (χ0n) is 20.0. The van der Waals surface area contributed by atoms with Crippen molar-refractivity contribution in [2.45, 2.75) is 16.1 Å². The van der Waals surface area contributed by atoms with Gasteiger partial charge in [0.2, 0.25) is 11.8 Å². The molecule has 1 heterocycles. The number of carbonyl (C=O) groups excluding carboxylic acids is 5. The highest BCUT2D eigenvalue weighted by atomic mass is 79.9. The van der Waals surface area contributed by atoms with E-state index in [0.29, 0.717) is 0 Å². The molecular formula is C26H20Br2N2O9. The molecule has 6 unspecified atom stereocenters. The van der Waals surface area contributed by atoms with Gasteiger partial charge in [0.25, 0.3) is 5.69 Å². The number of hydrogen-bond acceptors (Lipinski definition) is 9. The molecule has 6 atom stereocenters. The van der Waals surface area contributed by atoms with E-state index in [0.717, 1.165) is 11.3 Å². The van der Waals surface area contributed by atoms with Crippen LogP contribution in [0.2, 0.25) is 0 Å². The molecule has 0 aromatic heterocycles. The zero-order chi connectivity index (χ0) is 28.0. The van der Waals surface area contributed by atoms with E-state index in [2.05, 4.69) is 31.9 Å². The van der Waals surface area contributed by atoms with E-state index in [1.807, 2.05) is 0 Å². The van der Waals surface area contributed by atoms with Crippen LogP contribution in [0.5, 0.6) is 5.75 Å². The van der Waals surface area contributed by atoms with Gasteiger partial charge in [0.05, 0.1) is 22.3 Å². The van der Waals surface area contributed by atoms with E-state index in [-0.39, 0.29) is 55.9 Å². The number of amides is 2. The van der Waals surface area contributed by atoms with Gasteiger partial charge < -0.3 is 9.47 Å². The molecule has 0 N–H and O–H groups in total. The van der Waals surface area contributed by atoms with Crippen molar-refractivity contribution < 1.29 is 38.4 Å². The molecule has 202 valence electrons. The molecule has 2 bridgehead atoms. The number of benzene rings is 2. The number of nitro groups is 1. The van der Waals surface area contributed by atoms with Gasteiger partial charge in [-0.15, -0.1) is 0 Å². The van der Waals surface area contributed by atoms with Crippen LogP contribution in [0.3, 0.4) is 0 Å². The lowest BCUT2D eigenvalue weighted by molar-refractivity contribution is -0.384. The van der Waals surface area contributed by atoms with Crippen molar-refractivity contribution in [3.63, 3.8) is 0 Å². The van der Waals surface area contributed by atoms with Gasteiger partial charge in [-0.05, 0) is 54.7 Å². The molecule has 2 aliphatic carbocycles. The second-order valence-electron chi connectivity index (χ2n) is 9.57. The molecular weight excluding hydrogens is 644 g/mol. The fourth-order valence-electron chi connectivity index (χ4n) is 5.56. The molecule has 3 aliphatic rings. The lowest BCUT2D eigenvalue weighted by Crippen LogP contribution is -2.38. The van der Waals surface area contributed by atoms with Crippen molar-refractivity contribution in [2.24, 2.45) is 23.7 Å². The van der Waals surface area contributed by atoms with Crippen LogP contribution in [0.15, 0.2) is 48.5 Å². The molecule has 11 nitrogen and oxygen atoms in total. The van der Waals surface area contributed by atoms with Crippen LogP contribution in [0.1, 0.15) is 27.1 Å². The van der Waals surface area contributed by atoms with Crippen LogP contribution in [-0.2, 0) is 19.1 Å². The molecule has 2 saturated carbocycles. The van der Waals surface area contributed by atoms with Crippen molar-refractivity contribution in [1.82, 2.24) is 4.90 Å². The molecule has 39 heavy (non-hydrogen) atoms. The Balaban J connectivity index is 1.12. The van der Waals surface area contributed by atoms with Gasteiger partial charge in [0, 0.05) is 27.4 Å². The first-order valence-corrected chi connectivity index (χ1v) is 13.8. The summed E-state index contributed by atoms with van der Waals surface area (Å²) in [6.07, 6.45) is 0.778. The van der Waals surface area contributed by atoms with Gasteiger partial charge in [0.1, 0.15) is 12.3 Å². The number of ketones is 1. The Hall–Kier alpha value is -3.45. The van der Waals surface area contributed by atoms with Crippen molar-refractivity contribution in [3.8, 4) is 5.75 Å². The minimum atomic E-state index is -0.864. The summed E-state index contributed by atoms with van der Waals surface area (Å²) in [5.74, 6) is -3.57. The topological polar surface area (TPSA) is 150 Å². The molecule has 0 radical (unpaired) electrons. The summed E-state index contributed by atoms with van der Waals surface area (Å²) in [6.45, 7) is -1.14. The highest BCUT2D eigenvalue weighted by Crippen LogP contribution is 2.60. The number of nitrogens with zero attached hydrogens (tertiary/aromatic N) is 2. The molecule has 13 heteroatoms. The Kier molecular flexibility index (Phi) is 7.38. The summed E-state index contributed by atoms with van der Waals surface area (Å²) < 4.78 is 10.3. The monoisotopic (exact) mass is 662 g/mol. The Morgan fingerprint density at radius 1 is 0.897 bits per heavy atom. The smallest absolute Gasteiger partial charge is 0.343 e. The maximum absolute atomic E-state index is 12.9. The van der Waals surface area contributed by atoms with Gasteiger partial charge >= 0.3 is 11.9 Å². The summed E-state index contributed by atoms with van der Waals surface area (Å²) >= 11 is 7.22. The number of halogens is 2. The second kappa shape index (κ2) is 10.6. The summed E-state index contributed by atoms with van der Waals surface area (Å²) in [4.78, 5) is 74.2. The quantitative estimate of drug-likeness (QED) is 0.0788. The van der Waals surface area contributed by atoms with Crippen molar-refractivity contribution in [1.29, 1.82) is 0 Å². The van der Waals surface area contributed by atoms with Gasteiger partial charge in [0.15, 0.2) is 12.4 Å². The average Bonchev–Trinajstić information content (AvgIpc) is 3.53. The van der Waals surface area contributed by atoms with Gasteiger partial charge in [-0.2, -0.15) is 0 Å². The zero-order valence-corrected chi connectivity index (χ0v) is 23.2. The fourth-order valence-corrected chi connectivity index (χ4v) is 7.44. The van der Waals surface area contributed by atoms with Crippen LogP contribution in [0.4, 0.5) is 5.69 Å². The van der Waals surface area contributed by atoms with Crippen molar-refractivity contribution in [3.05, 3.63) is 69.8 Å². The van der Waals surface area contributed by atoms with E-state index < -0.39 is 47.6 Å². The largest absolute Gasteiger partial charge is 0.456 e. The first-order valence-electron chi connectivity index (χ1n) is 12.0.